The Kier molecular flexibility index (Phi) is 11.9. The van der Waals surface area contributed by atoms with E-state index in [0.717, 1.165) is 6.42 Å². The standard InChI is InChI=1S/C7H7.C3H7.V/c1-7-5-3-2-4-6-7;1-3-2;/h2-3,5-6H,1H3;1,3H2,2H3;/q2*-1;+2. The number of hydrogen-bond acceptors (Lipinski definition) is 0. The largest absolute Gasteiger partial charge is 2.00 e. The Morgan fingerprint density at radius 3 is 2.27 bits per heavy atom. The van der Waals surface area contributed by atoms with Crippen molar-refractivity contribution >= 4 is 0 Å². The molecule has 0 spiro atoms. The monoisotopic (exact) mass is 185 g/mol. The summed E-state index contributed by atoms with van der Waals surface area (Å²) in [5.74, 6) is 0. The SMILES string of the molecule is Cc1c[c-]ccc1.[CH2-]CC.[V+2]. The first-order chi connectivity index (χ1) is 4.81. The van der Waals surface area contributed by atoms with Crippen molar-refractivity contribution in [2.45, 2.75) is 20.3 Å². The normalized spacial score (nSPS) is 7.18. The van der Waals surface area contributed by atoms with Crippen LogP contribution >= 0.6 is 0 Å². The van der Waals surface area contributed by atoms with Crippen LogP contribution in [-0.2, 0) is 18.6 Å². The van der Waals surface area contributed by atoms with Crippen LogP contribution in [0.15, 0.2) is 24.3 Å². The van der Waals surface area contributed by atoms with Crippen LogP contribution in [-0.4, -0.2) is 0 Å². The van der Waals surface area contributed by atoms with Crippen molar-refractivity contribution in [1.82, 2.24) is 0 Å². The Balaban J connectivity index is 0. The molecule has 1 radical (unpaired) electrons. The predicted molar refractivity (Wildman–Crippen MR) is 45.7 cm³/mol. The van der Waals surface area contributed by atoms with Crippen LogP contribution in [0.4, 0.5) is 0 Å². The van der Waals surface area contributed by atoms with Crippen molar-refractivity contribution in [3.8, 4) is 0 Å². The first kappa shape index (κ1) is 13.4. The fourth-order valence-corrected chi connectivity index (χ4v) is 0.483. The molecule has 0 saturated heterocycles. The van der Waals surface area contributed by atoms with E-state index in [0.29, 0.717) is 0 Å². The fourth-order valence-electron chi connectivity index (χ4n) is 0.483. The number of rotatable bonds is 0. The zero-order valence-electron chi connectivity index (χ0n) is 7.17. The molecule has 0 bridgehead atoms. The first-order valence-corrected chi connectivity index (χ1v) is 3.53. The Labute approximate surface area is 81.9 Å². The molecular formula is C10H14V. The van der Waals surface area contributed by atoms with Crippen molar-refractivity contribution in [1.29, 1.82) is 0 Å². The van der Waals surface area contributed by atoms with Crippen LogP contribution in [0, 0.1) is 19.9 Å². The maximum Gasteiger partial charge on any atom is 2.00 e. The van der Waals surface area contributed by atoms with Gasteiger partial charge in [0.1, 0.15) is 0 Å². The van der Waals surface area contributed by atoms with Crippen LogP contribution in [0.3, 0.4) is 0 Å². The minimum Gasteiger partial charge on any atom is -0.344 e. The summed E-state index contributed by atoms with van der Waals surface area (Å²) in [6.07, 6.45) is 1.00. The summed E-state index contributed by atoms with van der Waals surface area (Å²) in [6.45, 7) is 7.55. The second-order valence-corrected chi connectivity index (χ2v) is 2.08. The van der Waals surface area contributed by atoms with Gasteiger partial charge in [0.2, 0.25) is 0 Å². The summed E-state index contributed by atoms with van der Waals surface area (Å²) in [5, 5.41) is 0. The molecule has 0 heterocycles. The minimum absolute atomic E-state index is 0. The van der Waals surface area contributed by atoms with E-state index in [2.05, 4.69) is 26.0 Å². The van der Waals surface area contributed by atoms with Gasteiger partial charge in [0.15, 0.2) is 0 Å². The Bertz CT molecular complexity index is 146. The van der Waals surface area contributed by atoms with Gasteiger partial charge in [0, 0.05) is 0 Å². The Morgan fingerprint density at radius 1 is 1.55 bits per heavy atom. The average molecular weight is 185 g/mol. The molecule has 0 aromatic heterocycles. The van der Waals surface area contributed by atoms with E-state index >= 15 is 0 Å². The van der Waals surface area contributed by atoms with Gasteiger partial charge in [-0.2, -0.15) is 42.3 Å². The summed E-state index contributed by atoms with van der Waals surface area (Å²) in [7, 11) is 0. The van der Waals surface area contributed by atoms with E-state index in [1.807, 2.05) is 25.1 Å². The molecule has 0 N–H and O–H groups in total. The van der Waals surface area contributed by atoms with E-state index in [1.165, 1.54) is 5.56 Å². The van der Waals surface area contributed by atoms with Crippen LogP contribution in [0.25, 0.3) is 0 Å². The quantitative estimate of drug-likeness (QED) is 0.545. The summed E-state index contributed by atoms with van der Waals surface area (Å²) in [4.78, 5) is 0. The van der Waals surface area contributed by atoms with E-state index in [9.17, 15) is 0 Å². The van der Waals surface area contributed by atoms with Crippen molar-refractivity contribution in [2.24, 2.45) is 0 Å². The van der Waals surface area contributed by atoms with Gasteiger partial charge in [-0.25, -0.2) is 0 Å². The summed E-state index contributed by atoms with van der Waals surface area (Å²) < 4.78 is 0. The molecule has 1 rings (SSSR count). The molecule has 0 atom stereocenters. The summed E-state index contributed by atoms with van der Waals surface area (Å²) >= 11 is 0. The number of aryl methyl sites for hydroxylation is 1. The van der Waals surface area contributed by atoms with Gasteiger partial charge in [-0.05, 0) is 0 Å². The van der Waals surface area contributed by atoms with Gasteiger partial charge in [-0.15, -0.1) is 0 Å². The molecule has 0 aliphatic rings. The first-order valence-electron chi connectivity index (χ1n) is 3.53. The number of hydrogen-bond donors (Lipinski definition) is 0. The third-order valence-corrected chi connectivity index (χ3v) is 0.863. The van der Waals surface area contributed by atoms with Crippen molar-refractivity contribution in [3.63, 3.8) is 0 Å². The molecule has 1 aromatic rings. The zero-order valence-corrected chi connectivity index (χ0v) is 8.57. The molecule has 0 fully saturated rings. The third-order valence-electron chi connectivity index (χ3n) is 0.863. The van der Waals surface area contributed by atoms with E-state index < -0.39 is 0 Å². The average Bonchev–Trinajstić information content (AvgIpc) is 1.91. The molecule has 11 heavy (non-hydrogen) atoms. The van der Waals surface area contributed by atoms with Gasteiger partial charge in [0.25, 0.3) is 0 Å². The number of benzene rings is 1. The van der Waals surface area contributed by atoms with E-state index in [1.54, 1.807) is 0 Å². The van der Waals surface area contributed by atoms with Gasteiger partial charge in [0.05, 0.1) is 0 Å². The second kappa shape index (κ2) is 9.80. The predicted octanol–water partition coefficient (Wildman–Crippen LogP) is 3.02. The van der Waals surface area contributed by atoms with E-state index in [-0.39, 0.29) is 18.6 Å². The minimum atomic E-state index is 0. The molecule has 0 saturated carbocycles. The summed E-state index contributed by atoms with van der Waals surface area (Å²) in [6, 6.07) is 10.8. The second-order valence-electron chi connectivity index (χ2n) is 2.08. The molecular weight excluding hydrogens is 171 g/mol. The molecule has 0 unspecified atom stereocenters. The van der Waals surface area contributed by atoms with Crippen molar-refractivity contribution < 1.29 is 18.6 Å². The topological polar surface area (TPSA) is 0 Å². The molecule has 1 aromatic carbocycles. The molecule has 0 amide bonds. The van der Waals surface area contributed by atoms with Crippen LogP contribution in [0.2, 0.25) is 0 Å². The van der Waals surface area contributed by atoms with Gasteiger partial charge in [-0.1, -0.05) is 13.8 Å². The van der Waals surface area contributed by atoms with Crippen LogP contribution in [0.5, 0.6) is 0 Å². The molecule has 1 heteroatoms. The van der Waals surface area contributed by atoms with E-state index in [4.69, 9.17) is 0 Å². The van der Waals surface area contributed by atoms with Gasteiger partial charge < -0.3 is 6.92 Å². The van der Waals surface area contributed by atoms with Crippen molar-refractivity contribution in [2.75, 3.05) is 0 Å². The molecule has 0 aliphatic heterocycles. The Hall–Kier alpha value is -0.196. The third kappa shape index (κ3) is 9.80. The molecule has 59 valence electrons. The zero-order chi connectivity index (χ0) is 7.82. The molecule has 0 nitrogen and oxygen atoms in total. The van der Waals surface area contributed by atoms with Gasteiger partial charge in [-0.3, -0.25) is 0 Å². The summed E-state index contributed by atoms with van der Waals surface area (Å²) in [5.41, 5.74) is 1.27. The van der Waals surface area contributed by atoms with Crippen LogP contribution < -0.4 is 0 Å². The van der Waals surface area contributed by atoms with Crippen LogP contribution in [0.1, 0.15) is 18.9 Å². The van der Waals surface area contributed by atoms with Crippen molar-refractivity contribution in [3.05, 3.63) is 42.8 Å². The Morgan fingerprint density at radius 2 is 2.09 bits per heavy atom. The molecule has 0 aliphatic carbocycles. The fraction of sp³-hybridized carbons (Fsp3) is 0.300. The maximum absolute atomic E-state index is 3.49. The van der Waals surface area contributed by atoms with Gasteiger partial charge >= 0.3 is 18.6 Å². The smallest absolute Gasteiger partial charge is 0.344 e. The maximum atomic E-state index is 3.49.